The number of nitrogen functional groups attached to an aromatic ring is 1. The van der Waals surface area contributed by atoms with Crippen molar-refractivity contribution in [3.8, 4) is 0 Å². The van der Waals surface area contributed by atoms with Crippen molar-refractivity contribution < 1.29 is 0 Å². The summed E-state index contributed by atoms with van der Waals surface area (Å²) >= 11 is 9.39. The minimum absolute atomic E-state index is 0.0187. The molecule has 0 heterocycles. The van der Waals surface area contributed by atoms with Crippen LogP contribution >= 0.6 is 27.5 Å². The first kappa shape index (κ1) is 14.9. The molecule has 0 bridgehead atoms. The lowest BCUT2D eigenvalue weighted by Crippen LogP contribution is -2.22. The zero-order valence-corrected chi connectivity index (χ0v) is 13.4. The van der Waals surface area contributed by atoms with Gasteiger partial charge in [-0.3, -0.25) is 5.41 Å². The SMILES string of the molecule is CN(Cc1ccc(Br)cc1)c1ccc(Cl)cc1C(=N)N. The van der Waals surface area contributed by atoms with Gasteiger partial charge in [0.05, 0.1) is 0 Å². The Morgan fingerprint density at radius 1 is 1.25 bits per heavy atom. The molecule has 0 saturated carbocycles. The van der Waals surface area contributed by atoms with Crippen LogP contribution in [0.2, 0.25) is 5.02 Å². The molecule has 0 atom stereocenters. The van der Waals surface area contributed by atoms with E-state index in [4.69, 9.17) is 22.7 Å². The van der Waals surface area contributed by atoms with Gasteiger partial charge < -0.3 is 10.6 Å². The van der Waals surface area contributed by atoms with E-state index in [0.717, 1.165) is 16.7 Å². The maximum atomic E-state index is 7.66. The molecule has 0 aliphatic heterocycles. The molecule has 3 nitrogen and oxygen atoms in total. The molecule has 0 aliphatic carbocycles. The van der Waals surface area contributed by atoms with Gasteiger partial charge in [0.2, 0.25) is 0 Å². The Bertz CT molecular complexity index is 626. The van der Waals surface area contributed by atoms with E-state index >= 15 is 0 Å². The van der Waals surface area contributed by atoms with E-state index < -0.39 is 0 Å². The summed E-state index contributed by atoms with van der Waals surface area (Å²) in [6.07, 6.45) is 0. The van der Waals surface area contributed by atoms with Gasteiger partial charge in [0.1, 0.15) is 5.84 Å². The molecule has 0 aromatic heterocycles. The molecule has 104 valence electrons. The second-order valence-electron chi connectivity index (χ2n) is 4.56. The summed E-state index contributed by atoms with van der Waals surface area (Å²) in [5.41, 5.74) is 8.35. The molecule has 0 fully saturated rings. The number of amidine groups is 1. The first-order valence-electron chi connectivity index (χ1n) is 6.07. The Labute approximate surface area is 132 Å². The van der Waals surface area contributed by atoms with E-state index in [9.17, 15) is 0 Å². The summed E-state index contributed by atoms with van der Waals surface area (Å²) < 4.78 is 1.06. The maximum absolute atomic E-state index is 7.66. The van der Waals surface area contributed by atoms with Crippen LogP contribution in [0.4, 0.5) is 5.69 Å². The second-order valence-corrected chi connectivity index (χ2v) is 5.91. The van der Waals surface area contributed by atoms with Gasteiger partial charge in [0.25, 0.3) is 0 Å². The standard InChI is InChI=1S/C15H15BrClN3/c1-20(9-10-2-4-11(16)5-3-10)14-7-6-12(17)8-13(14)15(18)19/h2-8H,9H2,1H3,(H3,18,19). The van der Waals surface area contributed by atoms with E-state index in [-0.39, 0.29) is 5.84 Å². The van der Waals surface area contributed by atoms with Crippen molar-refractivity contribution in [3.05, 3.63) is 63.1 Å². The number of nitrogens with one attached hydrogen (secondary N) is 1. The summed E-state index contributed by atoms with van der Waals surface area (Å²) in [4.78, 5) is 2.05. The normalized spacial score (nSPS) is 10.3. The monoisotopic (exact) mass is 351 g/mol. The minimum atomic E-state index is 0.0187. The number of anilines is 1. The lowest BCUT2D eigenvalue weighted by Gasteiger charge is -2.22. The van der Waals surface area contributed by atoms with E-state index in [1.54, 1.807) is 12.1 Å². The average Bonchev–Trinajstić information content (AvgIpc) is 2.41. The molecule has 0 saturated heterocycles. The molecule has 2 aromatic rings. The molecule has 2 rings (SSSR count). The molecule has 5 heteroatoms. The van der Waals surface area contributed by atoms with E-state index in [1.807, 2.05) is 25.2 Å². The largest absolute Gasteiger partial charge is 0.384 e. The molecule has 0 aliphatic rings. The molecule has 20 heavy (non-hydrogen) atoms. The Balaban J connectivity index is 2.27. The summed E-state index contributed by atoms with van der Waals surface area (Å²) in [5.74, 6) is 0.0187. The van der Waals surface area contributed by atoms with Gasteiger partial charge in [-0.05, 0) is 35.9 Å². The molecule has 0 radical (unpaired) electrons. The first-order valence-corrected chi connectivity index (χ1v) is 7.24. The minimum Gasteiger partial charge on any atom is -0.384 e. The van der Waals surface area contributed by atoms with E-state index in [2.05, 4.69) is 33.0 Å². The van der Waals surface area contributed by atoms with Gasteiger partial charge >= 0.3 is 0 Å². The summed E-state index contributed by atoms with van der Waals surface area (Å²) in [5, 5.41) is 8.24. The van der Waals surface area contributed by atoms with Crippen molar-refractivity contribution in [2.75, 3.05) is 11.9 Å². The zero-order chi connectivity index (χ0) is 14.7. The first-order chi connectivity index (χ1) is 9.47. The predicted molar refractivity (Wildman–Crippen MR) is 88.7 cm³/mol. The van der Waals surface area contributed by atoms with Gasteiger partial charge in [-0.2, -0.15) is 0 Å². The molecule has 0 unspecified atom stereocenters. The van der Waals surface area contributed by atoms with Gasteiger partial charge in [0.15, 0.2) is 0 Å². The van der Waals surface area contributed by atoms with Crippen LogP contribution in [0, 0.1) is 5.41 Å². The fourth-order valence-electron chi connectivity index (χ4n) is 2.01. The predicted octanol–water partition coefficient (Wildman–Crippen LogP) is 4.02. The Hall–Kier alpha value is -1.52. The van der Waals surface area contributed by atoms with Crippen LogP contribution in [-0.4, -0.2) is 12.9 Å². The third kappa shape index (κ3) is 3.52. The Kier molecular flexibility index (Phi) is 4.68. The quantitative estimate of drug-likeness (QED) is 0.645. The highest BCUT2D eigenvalue weighted by Crippen LogP contribution is 2.24. The summed E-state index contributed by atoms with van der Waals surface area (Å²) in [6, 6.07) is 13.6. The molecular weight excluding hydrogens is 338 g/mol. The summed E-state index contributed by atoms with van der Waals surface area (Å²) in [7, 11) is 1.97. The van der Waals surface area contributed by atoms with Gasteiger partial charge in [0, 0.05) is 34.3 Å². The lowest BCUT2D eigenvalue weighted by atomic mass is 10.1. The number of halogens is 2. The molecule has 2 aromatic carbocycles. The number of hydrogen-bond acceptors (Lipinski definition) is 2. The molecule has 0 amide bonds. The number of nitrogens with two attached hydrogens (primary N) is 1. The molecule has 0 spiro atoms. The van der Waals surface area contributed by atoms with Gasteiger partial charge in [-0.15, -0.1) is 0 Å². The number of rotatable bonds is 4. The maximum Gasteiger partial charge on any atom is 0.124 e. The smallest absolute Gasteiger partial charge is 0.124 e. The number of hydrogen-bond donors (Lipinski definition) is 2. The topological polar surface area (TPSA) is 53.1 Å². The number of nitrogens with zero attached hydrogens (tertiary/aromatic N) is 1. The van der Waals surface area contributed by atoms with Crippen molar-refractivity contribution in [2.45, 2.75) is 6.54 Å². The van der Waals surface area contributed by atoms with Crippen molar-refractivity contribution in [1.82, 2.24) is 0 Å². The third-order valence-corrected chi connectivity index (χ3v) is 3.76. The zero-order valence-electron chi connectivity index (χ0n) is 11.0. The highest BCUT2D eigenvalue weighted by molar-refractivity contribution is 9.10. The lowest BCUT2D eigenvalue weighted by molar-refractivity contribution is 0.921. The van der Waals surface area contributed by atoms with Crippen LogP contribution in [0.1, 0.15) is 11.1 Å². The third-order valence-electron chi connectivity index (χ3n) is 2.99. The second kappa shape index (κ2) is 6.29. The van der Waals surface area contributed by atoms with Gasteiger partial charge in [-0.25, -0.2) is 0 Å². The van der Waals surface area contributed by atoms with Gasteiger partial charge in [-0.1, -0.05) is 39.7 Å². The highest BCUT2D eigenvalue weighted by Gasteiger charge is 2.11. The van der Waals surface area contributed by atoms with E-state index in [1.165, 1.54) is 5.56 Å². The van der Waals surface area contributed by atoms with E-state index in [0.29, 0.717) is 10.6 Å². The number of benzene rings is 2. The molecular formula is C15H15BrClN3. The molecule has 3 N–H and O–H groups in total. The van der Waals surface area contributed by atoms with Crippen LogP contribution < -0.4 is 10.6 Å². The highest BCUT2D eigenvalue weighted by atomic mass is 79.9. The Morgan fingerprint density at radius 2 is 1.90 bits per heavy atom. The fraction of sp³-hybridized carbons (Fsp3) is 0.133. The van der Waals surface area contributed by atoms with Crippen LogP contribution in [0.5, 0.6) is 0 Å². The summed E-state index contributed by atoms with van der Waals surface area (Å²) in [6.45, 7) is 0.731. The van der Waals surface area contributed by atoms with Crippen molar-refractivity contribution in [1.29, 1.82) is 5.41 Å². The van der Waals surface area contributed by atoms with Crippen LogP contribution in [0.3, 0.4) is 0 Å². The van der Waals surface area contributed by atoms with Crippen LogP contribution in [0.15, 0.2) is 46.9 Å². The van der Waals surface area contributed by atoms with Crippen LogP contribution in [0.25, 0.3) is 0 Å². The van der Waals surface area contributed by atoms with Crippen molar-refractivity contribution in [3.63, 3.8) is 0 Å². The van der Waals surface area contributed by atoms with Crippen molar-refractivity contribution in [2.24, 2.45) is 5.73 Å². The Morgan fingerprint density at radius 3 is 2.50 bits per heavy atom. The fourth-order valence-corrected chi connectivity index (χ4v) is 2.44. The van der Waals surface area contributed by atoms with Crippen LogP contribution in [-0.2, 0) is 6.54 Å². The average molecular weight is 353 g/mol. The van der Waals surface area contributed by atoms with Crippen molar-refractivity contribution >= 4 is 39.1 Å².